The molecule has 0 aliphatic carbocycles. The molecular weight excluding hydrogens is 305 g/mol. The van der Waals surface area contributed by atoms with Gasteiger partial charge in [0.1, 0.15) is 0 Å². The van der Waals surface area contributed by atoms with Gasteiger partial charge in [-0.15, -0.1) is 0 Å². The van der Waals surface area contributed by atoms with E-state index in [1.54, 1.807) is 6.07 Å². The van der Waals surface area contributed by atoms with E-state index in [2.05, 4.69) is 33.0 Å². The minimum absolute atomic E-state index is 0.0573. The van der Waals surface area contributed by atoms with Gasteiger partial charge in [0.15, 0.2) is 0 Å². The van der Waals surface area contributed by atoms with Crippen LogP contribution in [0.3, 0.4) is 0 Å². The fourth-order valence-corrected chi connectivity index (χ4v) is 3.11. The van der Waals surface area contributed by atoms with Crippen molar-refractivity contribution in [2.45, 2.75) is 53.2 Å². The van der Waals surface area contributed by atoms with Gasteiger partial charge in [-0.1, -0.05) is 57.0 Å². The Labute approximate surface area is 139 Å². The standard InChI is InChI=1S/C17H27Cl2NO/c1-6-20-15(16(21-7-2)17(3,4)5)10-12-8-9-13(18)11-14(12)19/h8-9,11,15-16,20H,6-7,10H2,1-5H3. The lowest BCUT2D eigenvalue weighted by Gasteiger charge is -2.37. The van der Waals surface area contributed by atoms with Gasteiger partial charge in [-0.2, -0.15) is 0 Å². The Morgan fingerprint density at radius 1 is 1.19 bits per heavy atom. The summed E-state index contributed by atoms with van der Waals surface area (Å²) in [4.78, 5) is 0. The van der Waals surface area contributed by atoms with Crippen molar-refractivity contribution in [3.8, 4) is 0 Å². The molecule has 2 nitrogen and oxygen atoms in total. The lowest BCUT2D eigenvalue weighted by molar-refractivity contribution is -0.0352. The number of likely N-dealkylation sites (N-methyl/N-ethyl adjacent to an activating group) is 1. The highest BCUT2D eigenvalue weighted by atomic mass is 35.5. The fourth-order valence-electron chi connectivity index (χ4n) is 2.62. The molecule has 0 fully saturated rings. The van der Waals surface area contributed by atoms with E-state index in [4.69, 9.17) is 27.9 Å². The van der Waals surface area contributed by atoms with E-state index in [1.807, 2.05) is 19.1 Å². The molecule has 0 saturated heterocycles. The lowest BCUT2D eigenvalue weighted by atomic mass is 9.82. The topological polar surface area (TPSA) is 21.3 Å². The first-order valence-electron chi connectivity index (χ1n) is 7.58. The summed E-state index contributed by atoms with van der Waals surface area (Å²) >= 11 is 12.3. The first-order chi connectivity index (χ1) is 9.79. The molecule has 1 rings (SSSR count). The smallest absolute Gasteiger partial charge is 0.0779 e. The summed E-state index contributed by atoms with van der Waals surface area (Å²) in [5, 5.41) is 4.93. The molecule has 4 heteroatoms. The molecule has 0 heterocycles. The minimum atomic E-state index is 0.0573. The molecular formula is C17H27Cl2NO. The zero-order valence-electron chi connectivity index (χ0n) is 13.7. The molecule has 0 aliphatic heterocycles. The molecule has 0 bridgehead atoms. The van der Waals surface area contributed by atoms with Gasteiger partial charge in [-0.3, -0.25) is 0 Å². The molecule has 0 aromatic heterocycles. The Balaban J connectivity index is 2.98. The maximum atomic E-state index is 6.32. The summed E-state index contributed by atoms with van der Waals surface area (Å²) in [5.74, 6) is 0. The van der Waals surface area contributed by atoms with Gasteiger partial charge >= 0.3 is 0 Å². The third-order valence-electron chi connectivity index (χ3n) is 3.49. The van der Waals surface area contributed by atoms with Crippen LogP contribution in [0.4, 0.5) is 0 Å². The zero-order chi connectivity index (χ0) is 16.0. The molecule has 1 N–H and O–H groups in total. The van der Waals surface area contributed by atoms with E-state index in [9.17, 15) is 0 Å². The monoisotopic (exact) mass is 331 g/mol. The van der Waals surface area contributed by atoms with E-state index in [1.165, 1.54) is 0 Å². The van der Waals surface area contributed by atoms with Gasteiger partial charge < -0.3 is 10.1 Å². The molecule has 0 radical (unpaired) electrons. The van der Waals surface area contributed by atoms with E-state index in [0.717, 1.165) is 23.6 Å². The highest BCUT2D eigenvalue weighted by Crippen LogP contribution is 2.29. The second-order valence-electron chi connectivity index (χ2n) is 6.35. The van der Waals surface area contributed by atoms with Gasteiger partial charge in [0, 0.05) is 22.7 Å². The summed E-state index contributed by atoms with van der Waals surface area (Å²) < 4.78 is 6.03. The lowest BCUT2D eigenvalue weighted by Crippen LogP contribution is -2.49. The van der Waals surface area contributed by atoms with Gasteiger partial charge in [-0.05, 0) is 43.0 Å². The number of nitrogens with one attached hydrogen (secondary N) is 1. The molecule has 0 amide bonds. The van der Waals surface area contributed by atoms with Crippen LogP contribution in [0.25, 0.3) is 0 Å². The molecule has 1 aromatic carbocycles. The van der Waals surface area contributed by atoms with Crippen molar-refractivity contribution in [3.05, 3.63) is 33.8 Å². The van der Waals surface area contributed by atoms with Crippen LogP contribution in [0, 0.1) is 5.41 Å². The largest absolute Gasteiger partial charge is 0.376 e. The van der Waals surface area contributed by atoms with Crippen LogP contribution in [0.2, 0.25) is 10.0 Å². The Hall–Kier alpha value is -0.280. The average molecular weight is 332 g/mol. The minimum Gasteiger partial charge on any atom is -0.376 e. The van der Waals surface area contributed by atoms with Crippen molar-refractivity contribution in [3.63, 3.8) is 0 Å². The van der Waals surface area contributed by atoms with Crippen molar-refractivity contribution >= 4 is 23.2 Å². The van der Waals surface area contributed by atoms with E-state index >= 15 is 0 Å². The normalized spacial score (nSPS) is 15.0. The van der Waals surface area contributed by atoms with Gasteiger partial charge in [0.2, 0.25) is 0 Å². The Morgan fingerprint density at radius 2 is 1.86 bits per heavy atom. The SMILES string of the molecule is CCNC(Cc1ccc(Cl)cc1Cl)C(OCC)C(C)(C)C. The number of hydrogen-bond donors (Lipinski definition) is 1. The fraction of sp³-hybridized carbons (Fsp3) is 0.647. The number of hydrogen-bond acceptors (Lipinski definition) is 2. The van der Waals surface area contributed by atoms with Crippen LogP contribution < -0.4 is 5.32 Å². The summed E-state index contributed by atoms with van der Waals surface area (Å²) in [6, 6.07) is 5.90. The number of halogens is 2. The van der Waals surface area contributed by atoms with Gasteiger partial charge in [0.05, 0.1) is 6.10 Å². The molecule has 2 unspecified atom stereocenters. The number of ether oxygens (including phenoxy) is 1. The maximum absolute atomic E-state index is 6.32. The predicted octanol–water partition coefficient (Wildman–Crippen LogP) is 4.97. The van der Waals surface area contributed by atoms with Crippen LogP contribution >= 0.6 is 23.2 Å². The highest BCUT2D eigenvalue weighted by Gasteiger charge is 2.32. The van der Waals surface area contributed by atoms with Gasteiger partial charge in [-0.25, -0.2) is 0 Å². The molecule has 120 valence electrons. The van der Waals surface area contributed by atoms with Crippen LogP contribution in [0.1, 0.15) is 40.2 Å². The second-order valence-corrected chi connectivity index (χ2v) is 7.19. The van der Waals surface area contributed by atoms with E-state index in [-0.39, 0.29) is 17.6 Å². The molecule has 0 aliphatic rings. The van der Waals surface area contributed by atoms with Crippen LogP contribution in [0.15, 0.2) is 18.2 Å². The summed E-state index contributed by atoms with van der Waals surface area (Å²) in [6.07, 6.45) is 0.945. The second kappa shape index (κ2) is 8.38. The Kier molecular flexibility index (Phi) is 7.49. The average Bonchev–Trinajstić information content (AvgIpc) is 2.37. The molecule has 0 saturated carbocycles. The third-order valence-corrected chi connectivity index (χ3v) is 4.07. The highest BCUT2D eigenvalue weighted by molar-refractivity contribution is 6.35. The van der Waals surface area contributed by atoms with E-state index < -0.39 is 0 Å². The summed E-state index contributed by atoms with van der Waals surface area (Å²) in [5.41, 5.74) is 1.16. The molecule has 21 heavy (non-hydrogen) atoms. The Morgan fingerprint density at radius 3 is 2.33 bits per heavy atom. The van der Waals surface area contributed by atoms with Crippen LogP contribution in [-0.4, -0.2) is 25.3 Å². The van der Waals surface area contributed by atoms with E-state index in [0.29, 0.717) is 11.6 Å². The third kappa shape index (κ3) is 5.78. The number of rotatable bonds is 7. The number of benzene rings is 1. The van der Waals surface area contributed by atoms with Crippen LogP contribution in [-0.2, 0) is 11.2 Å². The molecule has 1 aromatic rings. The van der Waals surface area contributed by atoms with Crippen molar-refractivity contribution < 1.29 is 4.74 Å². The van der Waals surface area contributed by atoms with Gasteiger partial charge in [0.25, 0.3) is 0 Å². The Bertz CT molecular complexity index is 443. The van der Waals surface area contributed by atoms with Crippen molar-refractivity contribution in [1.29, 1.82) is 0 Å². The summed E-state index contributed by atoms with van der Waals surface area (Å²) in [6.45, 7) is 12.4. The summed E-state index contributed by atoms with van der Waals surface area (Å²) in [7, 11) is 0. The van der Waals surface area contributed by atoms with Crippen molar-refractivity contribution in [2.24, 2.45) is 5.41 Å². The molecule has 2 atom stereocenters. The maximum Gasteiger partial charge on any atom is 0.0779 e. The molecule has 0 spiro atoms. The predicted molar refractivity (Wildman–Crippen MR) is 92.5 cm³/mol. The first kappa shape index (κ1) is 18.8. The quantitative estimate of drug-likeness (QED) is 0.761. The van der Waals surface area contributed by atoms with Crippen molar-refractivity contribution in [1.82, 2.24) is 5.32 Å². The zero-order valence-corrected chi connectivity index (χ0v) is 15.2. The van der Waals surface area contributed by atoms with Crippen LogP contribution in [0.5, 0.6) is 0 Å². The first-order valence-corrected chi connectivity index (χ1v) is 8.34. The van der Waals surface area contributed by atoms with Crippen molar-refractivity contribution in [2.75, 3.05) is 13.2 Å².